The molecular weight excluding hydrogens is 298 g/mol. The van der Waals surface area contributed by atoms with Crippen LogP contribution in [0.2, 0.25) is 5.02 Å². The second-order valence-electron chi connectivity index (χ2n) is 6.06. The van der Waals surface area contributed by atoms with E-state index in [9.17, 15) is 4.79 Å². The summed E-state index contributed by atoms with van der Waals surface area (Å²) in [6.45, 7) is 4.65. The lowest BCUT2D eigenvalue weighted by molar-refractivity contribution is -0.118. The molecule has 1 aromatic carbocycles. The number of carbonyl (C=O) groups excluding carboxylic acids is 1. The summed E-state index contributed by atoms with van der Waals surface area (Å²) in [6, 6.07) is 7.81. The highest BCUT2D eigenvalue weighted by Crippen LogP contribution is 2.25. The van der Waals surface area contributed by atoms with Crippen LogP contribution in [-0.2, 0) is 4.79 Å². The molecule has 4 nitrogen and oxygen atoms in total. The number of rotatable bonds is 5. The maximum Gasteiger partial charge on any atom is 0.238 e. The van der Waals surface area contributed by atoms with Crippen LogP contribution < -0.4 is 5.32 Å². The van der Waals surface area contributed by atoms with E-state index in [2.05, 4.69) is 24.1 Å². The summed E-state index contributed by atoms with van der Waals surface area (Å²) >= 11 is 5.99. The number of benzene rings is 1. The Labute approximate surface area is 137 Å². The number of nitrogens with one attached hydrogen (secondary N) is 1. The first-order valence-electron chi connectivity index (χ1n) is 7.76. The molecule has 0 saturated heterocycles. The Morgan fingerprint density at radius 1 is 1.45 bits per heavy atom. The third kappa shape index (κ3) is 4.22. The molecule has 22 heavy (non-hydrogen) atoms. The van der Waals surface area contributed by atoms with Crippen molar-refractivity contribution >= 4 is 23.2 Å². The van der Waals surface area contributed by atoms with Crippen LogP contribution in [0.5, 0.6) is 0 Å². The predicted molar refractivity (Wildman–Crippen MR) is 88.9 cm³/mol. The minimum atomic E-state index is -0.0404. The predicted octanol–water partition coefficient (Wildman–Crippen LogP) is 3.80. The van der Waals surface area contributed by atoms with Crippen molar-refractivity contribution in [3.8, 4) is 6.07 Å². The highest BCUT2D eigenvalue weighted by Gasteiger charge is 2.26. The zero-order chi connectivity index (χ0) is 16.1. The summed E-state index contributed by atoms with van der Waals surface area (Å²) in [5.74, 6) is -0.0404. The Kier molecular flexibility index (Phi) is 5.82. The standard InChI is InChI=1S/C17H22ClN3O/c1-12(2)21(15-5-3-4-6-15)11-17(22)20-14-8-7-13(10-19)16(18)9-14/h7-9,12,15H,3-6,11H2,1-2H3,(H,20,22). The summed E-state index contributed by atoms with van der Waals surface area (Å²) < 4.78 is 0. The lowest BCUT2D eigenvalue weighted by Crippen LogP contribution is -2.43. The molecule has 1 saturated carbocycles. The summed E-state index contributed by atoms with van der Waals surface area (Å²) in [6.07, 6.45) is 4.85. The number of carbonyl (C=O) groups is 1. The molecule has 0 spiro atoms. The quantitative estimate of drug-likeness (QED) is 0.898. The summed E-state index contributed by atoms with van der Waals surface area (Å²) in [4.78, 5) is 14.6. The minimum absolute atomic E-state index is 0.0404. The monoisotopic (exact) mass is 319 g/mol. The Bertz CT molecular complexity index is 574. The maximum atomic E-state index is 12.3. The normalized spacial score (nSPS) is 15.3. The largest absolute Gasteiger partial charge is 0.325 e. The molecule has 5 heteroatoms. The van der Waals surface area contributed by atoms with Crippen molar-refractivity contribution < 1.29 is 4.79 Å². The van der Waals surface area contributed by atoms with Gasteiger partial charge in [-0.2, -0.15) is 5.26 Å². The van der Waals surface area contributed by atoms with Gasteiger partial charge in [0.25, 0.3) is 0 Å². The highest BCUT2D eigenvalue weighted by atomic mass is 35.5. The molecule has 1 fully saturated rings. The van der Waals surface area contributed by atoms with Crippen molar-refractivity contribution in [2.45, 2.75) is 51.6 Å². The molecule has 0 aromatic heterocycles. The Morgan fingerprint density at radius 3 is 2.68 bits per heavy atom. The molecule has 118 valence electrons. The van der Waals surface area contributed by atoms with Crippen LogP contribution >= 0.6 is 11.6 Å². The topological polar surface area (TPSA) is 56.1 Å². The van der Waals surface area contributed by atoms with Gasteiger partial charge in [0, 0.05) is 17.8 Å². The third-order valence-electron chi connectivity index (χ3n) is 4.16. The lowest BCUT2D eigenvalue weighted by atomic mass is 10.1. The van der Waals surface area contributed by atoms with Gasteiger partial charge in [-0.15, -0.1) is 0 Å². The zero-order valence-corrected chi connectivity index (χ0v) is 13.9. The number of nitriles is 1. The van der Waals surface area contributed by atoms with E-state index in [1.54, 1.807) is 18.2 Å². The molecule has 0 aliphatic heterocycles. The molecular formula is C17H22ClN3O. The number of hydrogen-bond acceptors (Lipinski definition) is 3. The van der Waals surface area contributed by atoms with Gasteiger partial charge in [-0.05, 0) is 44.9 Å². The van der Waals surface area contributed by atoms with E-state index >= 15 is 0 Å². The van der Waals surface area contributed by atoms with Gasteiger partial charge in [-0.1, -0.05) is 24.4 Å². The first-order valence-corrected chi connectivity index (χ1v) is 8.14. The number of anilines is 1. The van der Waals surface area contributed by atoms with Crippen molar-refractivity contribution in [2.24, 2.45) is 0 Å². The SMILES string of the molecule is CC(C)N(CC(=O)Nc1ccc(C#N)c(Cl)c1)C1CCCC1. The fourth-order valence-electron chi connectivity index (χ4n) is 3.02. The average Bonchev–Trinajstić information content (AvgIpc) is 2.98. The second-order valence-corrected chi connectivity index (χ2v) is 6.47. The number of nitrogens with zero attached hydrogens (tertiary/aromatic N) is 2. The van der Waals surface area contributed by atoms with Gasteiger partial charge < -0.3 is 5.32 Å². The Morgan fingerprint density at radius 2 is 2.14 bits per heavy atom. The van der Waals surface area contributed by atoms with E-state index < -0.39 is 0 Å². The van der Waals surface area contributed by atoms with Crippen molar-refractivity contribution in [3.63, 3.8) is 0 Å². The van der Waals surface area contributed by atoms with Gasteiger partial charge in [0.05, 0.1) is 17.1 Å². The van der Waals surface area contributed by atoms with Crippen molar-refractivity contribution in [2.75, 3.05) is 11.9 Å². The molecule has 1 N–H and O–H groups in total. The third-order valence-corrected chi connectivity index (χ3v) is 4.47. The number of amides is 1. The molecule has 1 aromatic rings. The molecule has 1 amide bonds. The van der Waals surface area contributed by atoms with Crippen LogP contribution in [0.1, 0.15) is 45.1 Å². The smallest absolute Gasteiger partial charge is 0.238 e. The number of halogens is 1. The van der Waals surface area contributed by atoms with Gasteiger partial charge in [0.2, 0.25) is 5.91 Å². The molecule has 1 aliphatic rings. The molecule has 1 aliphatic carbocycles. The van der Waals surface area contributed by atoms with Gasteiger partial charge in [-0.25, -0.2) is 0 Å². The van der Waals surface area contributed by atoms with E-state index in [1.807, 2.05) is 6.07 Å². The second kappa shape index (κ2) is 7.62. The van der Waals surface area contributed by atoms with E-state index in [0.29, 0.717) is 34.9 Å². The summed E-state index contributed by atoms with van der Waals surface area (Å²) in [5, 5.41) is 12.1. The zero-order valence-electron chi connectivity index (χ0n) is 13.1. The first kappa shape index (κ1) is 16.8. The van der Waals surface area contributed by atoms with Crippen molar-refractivity contribution in [1.29, 1.82) is 5.26 Å². The highest BCUT2D eigenvalue weighted by molar-refractivity contribution is 6.32. The average molecular weight is 320 g/mol. The van der Waals surface area contributed by atoms with E-state index in [-0.39, 0.29) is 5.91 Å². The van der Waals surface area contributed by atoms with Crippen LogP contribution in [0.3, 0.4) is 0 Å². The summed E-state index contributed by atoms with van der Waals surface area (Å²) in [5.41, 5.74) is 1.04. The Balaban J connectivity index is 1.99. The first-order chi connectivity index (χ1) is 10.5. The summed E-state index contributed by atoms with van der Waals surface area (Å²) in [7, 11) is 0. The van der Waals surface area contributed by atoms with Crippen LogP contribution in [0.15, 0.2) is 18.2 Å². The van der Waals surface area contributed by atoms with Crippen molar-refractivity contribution in [3.05, 3.63) is 28.8 Å². The van der Waals surface area contributed by atoms with Crippen molar-refractivity contribution in [1.82, 2.24) is 4.90 Å². The van der Waals surface area contributed by atoms with Gasteiger partial charge >= 0.3 is 0 Å². The molecule has 0 bridgehead atoms. The maximum absolute atomic E-state index is 12.3. The van der Waals surface area contributed by atoms with Crippen LogP contribution in [-0.4, -0.2) is 29.4 Å². The lowest BCUT2D eigenvalue weighted by Gasteiger charge is -2.31. The van der Waals surface area contributed by atoms with E-state index in [4.69, 9.17) is 16.9 Å². The van der Waals surface area contributed by atoms with Crippen LogP contribution in [0, 0.1) is 11.3 Å². The van der Waals surface area contributed by atoms with Gasteiger partial charge in [0.15, 0.2) is 0 Å². The molecule has 0 atom stereocenters. The molecule has 0 unspecified atom stereocenters. The van der Waals surface area contributed by atoms with E-state index in [0.717, 1.165) is 0 Å². The van der Waals surface area contributed by atoms with E-state index in [1.165, 1.54) is 25.7 Å². The van der Waals surface area contributed by atoms with Crippen LogP contribution in [0.4, 0.5) is 5.69 Å². The fourth-order valence-corrected chi connectivity index (χ4v) is 3.24. The molecule has 2 rings (SSSR count). The molecule has 0 radical (unpaired) electrons. The number of hydrogen-bond donors (Lipinski definition) is 1. The fraction of sp³-hybridized carbons (Fsp3) is 0.529. The van der Waals surface area contributed by atoms with Gasteiger partial charge in [0.1, 0.15) is 6.07 Å². The Hall–Kier alpha value is -1.57. The minimum Gasteiger partial charge on any atom is -0.325 e. The van der Waals surface area contributed by atoms with Crippen LogP contribution in [0.25, 0.3) is 0 Å². The molecule has 0 heterocycles. The van der Waals surface area contributed by atoms with Gasteiger partial charge in [-0.3, -0.25) is 9.69 Å².